The minimum absolute atomic E-state index is 0.0248. The summed E-state index contributed by atoms with van der Waals surface area (Å²) < 4.78 is 26.7. The van der Waals surface area contributed by atoms with Gasteiger partial charge in [0.1, 0.15) is 5.54 Å². The molecule has 2 N–H and O–H groups in total. The highest BCUT2D eigenvalue weighted by Gasteiger charge is 2.54. The van der Waals surface area contributed by atoms with Gasteiger partial charge in [-0.15, -0.1) is 10.2 Å². The molecule has 1 aromatic heterocycles. The number of anilines is 2. The summed E-state index contributed by atoms with van der Waals surface area (Å²) in [5, 5.41) is 20.2. The van der Waals surface area contributed by atoms with E-state index in [2.05, 4.69) is 15.5 Å². The van der Waals surface area contributed by atoms with Gasteiger partial charge >= 0.3 is 0 Å². The second-order valence-corrected chi connectivity index (χ2v) is 5.01. The topological polar surface area (TPSA) is 61.3 Å². The van der Waals surface area contributed by atoms with Crippen LogP contribution in [0.4, 0.5) is 20.3 Å². The Morgan fingerprint density at radius 2 is 2.33 bits per heavy atom. The lowest BCUT2D eigenvalue weighted by Crippen LogP contribution is -2.57. The van der Waals surface area contributed by atoms with Crippen LogP contribution in [0.3, 0.4) is 0 Å². The van der Waals surface area contributed by atoms with Crippen LogP contribution in [0.1, 0.15) is 6.42 Å². The summed E-state index contributed by atoms with van der Waals surface area (Å²) in [5.74, 6) is 0.421. The van der Waals surface area contributed by atoms with E-state index >= 15 is 0 Å². The fourth-order valence-electron chi connectivity index (χ4n) is 2.69. The Morgan fingerprint density at radius 1 is 1.56 bits per heavy atom. The molecule has 3 heterocycles. The molecule has 1 saturated heterocycles. The Labute approximate surface area is 107 Å². The van der Waals surface area contributed by atoms with Crippen LogP contribution in [0, 0.1) is 0 Å². The van der Waals surface area contributed by atoms with Gasteiger partial charge in [0.2, 0.25) is 0 Å². The van der Waals surface area contributed by atoms with Crippen molar-refractivity contribution in [1.82, 2.24) is 10.2 Å². The minimum atomic E-state index is -2.57. The van der Waals surface area contributed by atoms with E-state index in [1.807, 2.05) is 0 Å². The van der Waals surface area contributed by atoms with Crippen LogP contribution in [0.5, 0.6) is 0 Å². The molecule has 2 atom stereocenters. The van der Waals surface area contributed by atoms with Crippen molar-refractivity contribution < 1.29 is 13.9 Å². The quantitative estimate of drug-likeness (QED) is 0.805. The second-order valence-electron chi connectivity index (χ2n) is 4.63. The molecule has 18 heavy (non-hydrogen) atoms. The highest BCUT2D eigenvalue weighted by Crippen LogP contribution is 2.44. The Morgan fingerprint density at radius 3 is 3.06 bits per heavy atom. The molecule has 0 radical (unpaired) electrons. The van der Waals surface area contributed by atoms with Crippen molar-refractivity contribution in [3.63, 3.8) is 0 Å². The zero-order valence-corrected chi connectivity index (χ0v) is 10.0. The summed E-state index contributed by atoms with van der Waals surface area (Å²) in [6, 6.07) is 1.49. The number of hydrogen-bond donors (Lipinski definition) is 2. The highest BCUT2D eigenvalue weighted by molar-refractivity contribution is 6.29. The number of rotatable bonds is 1. The van der Waals surface area contributed by atoms with Crippen LogP contribution in [0.25, 0.3) is 0 Å². The maximum absolute atomic E-state index is 13.4. The first kappa shape index (κ1) is 11.9. The number of β-amino-alcohol motifs (C(OH)–C–C–N with tert-alkyl or cyclic N) is 1. The molecular weight excluding hydrogens is 266 g/mol. The molecule has 98 valence electrons. The van der Waals surface area contributed by atoms with E-state index in [1.165, 1.54) is 11.0 Å². The van der Waals surface area contributed by atoms with Crippen molar-refractivity contribution in [2.45, 2.75) is 24.5 Å². The first-order valence-electron chi connectivity index (χ1n) is 5.54. The van der Waals surface area contributed by atoms with E-state index in [-0.39, 0.29) is 24.7 Å². The van der Waals surface area contributed by atoms with Crippen molar-refractivity contribution in [1.29, 1.82) is 0 Å². The highest BCUT2D eigenvalue weighted by atomic mass is 35.5. The second kappa shape index (κ2) is 3.89. The number of fused-ring (bicyclic) bond motifs is 3. The standard InChI is InChI=1S/C10H11ClF2N4O/c11-7-1-6-8(16-15-7)14-4-10(9(12)13)2-5(18)3-17(6)10/h1,5,9,18H,2-4H2,(H,14,16)/t5-,10-/m1/s1. The summed E-state index contributed by atoms with van der Waals surface area (Å²) in [4.78, 5) is 1.49. The van der Waals surface area contributed by atoms with Crippen LogP contribution in [0.15, 0.2) is 6.07 Å². The lowest BCUT2D eigenvalue weighted by molar-refractivity contribution is 0.0509. The van der Waals surface area contributed by atoms with Crippen LogP contribution in [-0.4, -0.2) is 46.5 Å². The molecule has 2 aliphatic heterocycles. The smallest absolute Gasteiger partial charge is 0.263 e. The number of halogens is 3. The van der Waals surface area contributed by atoms with Crippen molar-refractivity contribution >= 4 is 23.1 Å². The molecule has 5 nitrogen and oxygen atoms in total. The van der Waals surface area contributed by atoms with Gasteiger partial charge in [-0.25, -0.2) is 8.78 Å². The molecule has 1 fully saturated rings. The van der Waals surface area contributed by atoms with Gasteiger partial charge in [0.15, 0.2) is 11.0 Å². The van der Waals surface area contributed by atoms with Crippen molar-refractivity contribution in [3.05, 3.63) is 11.2 Å². The Kier molecular flexibility index (Phi) is 2.56. The third-order valence-corrected chi connectivity index (χ3v) is 3.71. The van der Waals surface area contributed by atoms with Gasteiger partial charge in [-0.1, -0.05) is 11.6 Å². The molecule has 0 bridgehead atoms. The number of hydrogen-bond acceptors (Lipinski definition) is 5. The molecular formula is C10H11ClF2N4O. The van der Waals surface area contributed by atoms with Gasteiger partial charge in [-0.2, -0.15) is 0 Å². The fraction of sp³-hybridized carbons (Fsp3) is 0.600. The molecule has 3 rings (SSSR count). The third kappa shape index (κ3) is 1.54. The number of nitrogens with one attached hydrogen (secondary N) is 1. The zero-order valence-electron chi connectivity index (χ0n) is 9.28. The summed E-state index contributed by atoms with van der Waals surface area (Å²) in [6.45, 7) is 0.187. The van der Waals surface area contributed by atoms with Gasteiger partial charge in [0.05, 0.1) is 11.8 Å². The minimum Gasteiger partial charge on any atom is -0.391 e. The maximum atomic E-state index is 13.4. The monoisotopic (exact) mass is 276 g/mol. The maximum Gasteiger partial charge on any atom is 0.263 e. The van der Waals surface area contributed by atoms with Crippen molar-refractivity contribution in [3.8, 4) is 0 Å². The van der Waals surface area contributed by atoms with Crippen LogP contribution >= 0.6 is 11.6 Å². The Balaban J connectivity index is 2.10. The summed E-state index contributed by atoms with van der Waals surface area (Å²) in [6.07, 6.45) is -3.32. The van der Waals surface area contributed by atoms with Gasteiger partial charge in [0, 0.05) is 25.6 Å². The van der Waals surface area contributed by atoms with E-state index in [1.54, 1.807) is 0 Å². The number of nitrogens with zero attached hydrogens (tertiary/aromatic N) is 3. The third-order valence-electron chi connectivity index (χ3n) is 3.52. The molecule has 1 aromatic rings. The molecule has 0 amide bonds. The molecule has 2 aliphatic rings. The average molecular weight is 277 g/mol. The Bertz CT molecular complexity index is 489. The predicted molar refractivity (Wildman–Crippen MR) is 62.2 cm³/mol. The first-order valence-corrected chi connectivity index (χ1v) is 5.92. The van der Waals surface area contributed by atoms with E-state index < -0.39 is 18.1 Å². The molecule has 0 unspecified atom stereocenters. The van der Waals surface area contributed by atoms with E-state index in [4.69, 9.17) is 11.6 Å². The number of alkyl halides is 2. The lowest BCUT2D eigenvalue weighted by Gasteiger charge is -2.43. The van der Waals surface area contributed by atoms with Gasteiger partial charge in [0.25, 0.3) is 6.43 Å². The first-order chi connectivity index (χ1) is 8.53. The van der Waals surface area contributed by atoms with Crippen molar-refractivity contribution in [2.75, 3.05) is 23.3 Å². The SMILES string of the molecule is O[C@H]1CN2c3cc(Cl)nnc3NC[C@@]2(C(F)F)C1. The predicted octanol–water partition coefficient (Wildman–Crippen LogP) is 1.13. The molecule has 0 aromatic carbocycles. The Hall–Kier alpha value is -1.21. The molecule has 0 aliphatic carbocycles. The largest absolute Gasteiger partial charge is 0.391 e. The van der Waals surface area contributed by atoms with E-state index in [9.17, 15) is 13.9 Å². The average Bonchev–Trinajstić information content (AvgIpc) is 2.67. The van der Waals surface area contributed by atoms with Crippen molar-refractivity contribution in [2.24, 2.45) is 0 Å². The fourth-order valence-corrected chi connectivity index (χ4v) is 2.83. The lowest BCUT2D eigenvalue weighted by atomic mass is 9.93. The van der Waals surface area contributed by atoms with Gasteiger partial charge < -0.3 is 15.3 Å². The summed E-state index contributed by atoms with van der Waals surface area (Å²) >= 11 is 5.75. The number of aromatic nitrogens is 2. The van der Waals surface area contributed by atoms with Crippen LogP contribution in [-0.2, 0) is 0 Å². The summed E-state index contributed by atoms with van der Waals surface area (Å²) in [5.41, 5.74) is -0.920. The van der Waals surface area contributed by atoms with E-state index in [0.717, 1.165) is 0 Å². The molecule has 8 heteroatoms. The summed E-state index contributed by atoms with van der Waals surface area (Å²) in [7, 11) is 0. The normalized spacial score (nSPS) is 30.1. The molecule has 0 saturated carbocycles. The van der Waals surface area contributed by atoms with E-state index in [0.29, 0.717) is 11.5 Å². The zero-order chi connectivity index (χ0) is 12.9. The number of aliphatic hydroxyl groups excluding tert-OH is 1. The van der Waals surface area contributed by atoms with Crippen LogP contribution in [0.2, 0.25) is 5.15 Å². The van der Waals surface area contributed by atoms with Gasteiger partial charge in [-0.3, -0.25) is 0 Å². The molecule has 0 spiro atoms. The number of aliphatic hydroxyl groups is 1. The van der Waals surface area contributed by atoms with Crippen LogP contribution < -0.4 is 10.2 Å². The van der Waals surface area contributed by atoms with Gasteiger partial charge in [-0.05, 0) is 0 Å².